The largest absolute Gasteiger partial charge is 0.350 e. The highest BCUT2D eigenvalue weighted by molar-refractivity contribution is 5.94. The lowest BCUT2D eigenvalue weighted by Gasteiger charge is -2.09. The van der Waals surface area contributed by atoms with Crippen molar-refractivity contribution >= 4 is 5.91 Å². The zero-order chi connectivity index (χ0) is 21.8. The lowest BCUT2D eigenvalue weighted by molar-refractivity contribution is 0.0944. The number of hydrogen-bond donors (Lipinski definition) is 1. The molecule has 1 aliphatic rings. The van der Waals surface area contributed by atoms with Gasteiger partial charge < -0.3 is 9.88 Å². The van der Waals surface area contributed by atoms with Gasteiger partial charge in [0, 0.05) is 73.2 Å². The predicted octanol–water partition coefficient (Wildman–Crippen LogP) is 3.78. The van der Waals surface area contributed by atoms with E-state index in [4.69, 9.17) is 0 Å². The molecule has 32 heavy (non-hydrogen) atoms. The summed E-state index contributed by atoms with van der Waals surface area (Å²) < 4.78 is 2.07. The Labute approximate surface area is 186 Å². The van der Waals surface area contributed by atoms with E-state index in [1.807, 2.05) is 42.7 Å². The summed E-state index contributed by atoms with van der Waals surface area (Å²) in [5, 5.41) is 3.05. The molecular formula is C25H24N6O. The van der Waals surface area contributed by atoms with Crippen molar-refractivity contribution in [2.45, 2.75) is 25.8 Å². The van der Waals surface area contributed by atoms with E-state index in [2.05, 4.69) is 29.8 Å². The van der Waals surface area contributed by atoms with Gasteiger partial charge in [0.2, 0.25) is 0 Å². The first kappa shape index (κ1) is 20.1. The maximum Gasteiger partial charge on any atom is 0.267 e. The summed E-state index contributed by atoms with van der Waals surface area (Å²) in [6.07, 6.45) is 15.9. The van der Waals surface area contributed by atoms with Gasteiger partial charge in [0.15, 0.2) is 5.82 Å². The summed E-state index contributed by atoms with van der Waals surface area (Å²) >= 11 is 0. The number of hydrogen-bond acceptors (Lipinski definition) is 5. The second-order valence-corrected chi connectivity index (χ2v) is 8.11. The van der Waals surface area contributed by atoms with Crippen LogP contribution in [-0.2, 0) is 13.0 Å². The smallest absolute Gasteiger partial charge is 0.267 e. The number of rotatable bonds is 8. The first-order valence-corrected chi connectivity index (χ1v) is 10.9. The zero-order valence-corrected chi connectivity index (χ0v) is 17.7. The van der Waals surface area contributed by atoms with E-state index in [0.29, 0.717) is 24.0 Å². The zero-order valence-electron chi connectivity index (χ0n) is 17.7. The van der Waals surface area contributed by atoms with Gasteiger partial charge >= 0.3 is 0 Å². The van der Waals surface area contributed by atoms with Crippen LogP contribution in [0.2, 0.25) is 0 Å². The molecule has 0 spiro atoms. The van der Waals surface area contributed by atoms with Crippen LogP contribution in [0.5, 0.6) is 0 Å². The number of carbonyl (C=O) groups is 1. The number of pyridine rings is 2. The molecule has 160 valence electrons. The molecule has 1 amide bonds. The monoisotopic (exact) mass is 424 g/mol. The SMILES string of the molecule is O=C(NCCc1cccnc1)c1cc(-c2cnc(-c3cccnc3)nc2)cn1CC1CC1. The Bertz CT molecular complexity index is 1180. The van der Waals surface area contributed by atoms with Crippen molar-refractivity contribution in [1.82, 2.24) is 29.8 Å². The van der Waals surface area contributed by atoms with Gasteiger partial charge in [-0.2, -0.15) is 0 Å². The maximum atomic E-state index is 13.0. The molecule has 4 aromatic heterocycles. The van der Waals surface area contributed by atoms with Gasteiger partial charge in [0.25, 0.3) is 5.91 Å². The molecule has 4 heterocycles. The standard InChI is InChI=1S/C25H24N6O/c32-25(28-10-7-18-3-1-8-26-12-18)23-11-21(17-31(23)16-19-5-6-19)22-14-29-24(30-15-22)20-4-2-9-27-13-20/h1-4,8-9,11-15,17,19H,5-7,10,16H2,(H,28,32). The third kappa shape index (κ3) is 4.72. The van der Waals surface area contributed by atoms with Gasteiger partial charge in [0.05, 0.1) is 0 Å². The highest BCUT2D eigenvalue weighted by Crippen LogP contribution is 2.32. The van der Waals surface area contributed by atoms with E-state index in [1.165, 1.54) is 12.8 Å². The van der Waals surface area contributed by atoms with Crippen LogP contribution in [0.3, 0.4) is 0 Å². The van der Waals surface area contributed by atoms with Gasteiger partial charge in [0.1, 0.15) is 5.69 Å². The van der Waals surface area contributed by atoms with Gasteiger partial charge in [-0.3, -0.25) is 14.8 Å². The molecule has 0 aliphatic heterocycles. The van der Waals surface area contributed by atoms with E-state index >= 15 is 0 Å². The Morgan fingerprint density at radius 2 is 1.75 bits per heavy atom. The fraction of sp³-hybridized carbons (Fsp3) is 0.240. The quantitative estimate of drug-likeness (QED) is 0.465. The minimum atomic E-state index is -0.0614. The van der Waals surface area contributed by atoms with Crippen molar-refractivity contribution in [2.75, 3.05) is 6.54 Å². The topological polar surface area (TPSA) is 85.6 Å². The molecule has 7 nitrogen and oxygen atoms in total. The van der Waals surface area contributed by atoms with Crippen LogP contribution in [0, 0.1) is 5.92 Å². The molecule has 1 N–H and O–H groups in total. The summed E-state index contributed by atoms with van der Waals surface area (Å²) in [5.41, 5.74) is 4.48. The minimum Gasteiger partial charge on any atom is -0.350 e. The van der Waals surface area contributed by atoms with Gasteiger partial charge in [-0.15, -0.1) is 0 Å². The van der Waals surface area contributed by atoms with Crippen LogP contribution < -0.4 is 5.32 Å². The Balaban J connectivity index is 1.33. The molecule has 5 rings (SSSR count). The van der Waals surface area contributed by atoms with Crippen molar-refractivity contribution < 1.29 is 4.79 Å². The van der Waals surface area contributed by atoms with Crippen LogP contribution in [0.15, 0.2) is 73.7 Å². The first-order chi connectivity index (χ1) is 15.8. The maximum absolute atomic E-state index is 13.0. The van der Waals surface area contributed by atoms with E-state index in [-0.39, 0.29) is 5.91 Å². The molecule has 0 atom stereocenters. The summed E-state index contributed by atoms with van der Waals surface area (Å²) in [5.74, 6) is 1.22. The van der Waals surface area contributed by atoms with E-state index in [9.17, 15) is 4.79 Å². The molecule has 0 bridgehead atoms. The van der Waals surface area contributed by atoms with Gasteiger partial charge in [-0.05, 0) is 55.0 Å². The highest BCUT2D eigenvalue weighted by atomic mass is 16.1. The van der Waals surface area contributed by atoms with Crippen molar-refractivity contribution in [3.05, 3.63) is 85.0 Å². The molecule has 0 unspecified atom stereocenters. The summed E-state index contributed by atoms with van der Waals surface area (Å²) in [4.78, 5) is 30.2. The second kappa shape index (κ2) is 9.09. The number of carbonyl (C=O) groups excluding carboxylic acids is 1. The lowest BCUT2D eigenvalue weighted by Crippen LogP contribution is -2.28. The summed E-state index contributed by atoms with van der Waals surface area (Å²) in [6.45, 7) is 1.43. The summed E-state index contributed by atoms with van der Waals surface area (Å²) in [7, 11) is 0. The predicted molar refractivity (Wildman–Crippen MR) is 122 cm³/mol. The molecule has 7 heteroatoms. The molecule has 0 aromatic carbocycles. The van der Waals surface area contributed by atoms with Crippen molar-refractivity contribution in [3.8, 4) is 22.5 Å². The van der Waals surface area contributed by atoms with Crippen molar-refractivity contribution in [1.29, 1.82) is 0 Å². The van der Waals surface area contributed by atoms with E-state index in [0.717, 1.165) is 35.2 Å². The Kier molecular flexibility index (Phi) is 5.70. The van der Waals surface area contributed by atoms with Crippen LogP contribution in [0.1, 0.15) is 28.9 Å². The molecule has 1 fully saturated rings. The number of aromatic nitrogens is 5. The Hall–Kier alpha value is -3.87. The average molecular weight is 425 g/mol. The molecule has 4 aromatic rings. The summed E-state index contributed by atoms with van der Waals surface area (Å²) in [6, 6.07) is 9.66. The normalized spacial score (nSPS) is 13.1. The molecule has 1 saturated carbocycles. The molecular weight excluding hydrogens is 400 g/mol. The fourth-order valence-corrected chi connectivity index (χ4v) is 3.67. The highest BCUT2D eigenvalue weighted by Gasteiger charge is 2.24. The Morgan fingerprint density at radius 1 is 0.969 bits per heavy atom. The van der Waals surface area contributed by atoms with Crippen molar-refractivity contribution in [3.63, 3.8) is 0 Å². The van der Waals surface area contributed by atoms with Crippen molar-refractivity contribution in [2.24, 2.45) is 5.92 Å². The van der Waals surface area contributed by atoms with E-state index in [1.54, 1.807) is 31.0 Å². The molecule has 0 saturated heterocycles. The van der Waals surface area contributed by atoms with E-state index < -0.39 is 0 Å². The van der Waals surface area contributed by atoms with Crippen LogP contribution in [0.4, 0.5) is 0 Å². The van der Waals surface area contributed by atoms with Crippen LogP contribution in [0.25, 0.3) is 22.5 Å². The molecule has 1 aliphatic carbocycles. The number of nitrogens with one attached hydrogen (secondary N) is 1. The van der Waals surface area contributed by atoms with Gasteiger partial charge in [-0.25, -0.2) is 9.97 Å². The third-order valence-electron chi connectivity index (χ3n) is 5.61. The third-order valence-corrected chi connectivity index (χ3v) is 5.61. The van der Waals surface area contributed by atoms with Crippen LogP contribution >= 0.6 is 0 Å². The van der Waals surface area contributed by atoms with Crippen LogP contribution in [-0.4, -0.2) is 37.0 Å². The number of nitrogens with zero attached hydrogens (tertiary/aromatic N) is 5. The molecule has 0 radical (unpaired) electrons. The number of amides is 1. The minimum absolute atomic E-state index is 0.0614. The first-order valence-electron chi connectivity index (χ1n) is 10.9. The fourth-order valence-electron chi connectivity index (χ4n) is 3.67. The Morgan fingerprint density at radius 3 is 2.44 bits per heavy atom. The average Bonchev–Trinajstić information content (AvgIpc) is 3.56. The van der Waals surface area contributed by atoms with Gasteiger partial charge in [-0.1, -0.05) is 6.07 Å². The lowest BCUT2D eigenvalue weighted by atomic mass is 10.1. The second-order valence-electron chi connectivity index (χ2n) is 8.11.